The van der Waals surface area contributed by atoms with E-state index >= 15 is 0 Å². The first-order chi connectivity index (χ1) is 15.3. The fourth-order valence-corrected chi connectivity index (χ4v) is 5.22. The van der Waals surface area contributed by atoms with Crippen molar-refractivity contribution in [2.24, 2.45) is 0 Å². The lowest BCUT2D eigenvalue weighted by Gasteiger charge is -2.26. The van der Waals surface area contributed by atoms with E-state index in [9.17, 15) is 23.3 Å². The first-order valence-electron chi connectivity index (χ1n) is 9.54. The molecule has 0 unspecified atom stereocenters. The number of sulfonamides is 1. The molecule has 1 N–H and O–H groups in total. The summed E-state index contributed by atoms with van der Waals surface area (Å²) in [4.78, 5) is 27.3. The first kappa shape index (κ1) is 22.0. The van der Waals surface area contributed by atoms with Gasteiger partial charge in [0.05, 0.1) is 28.7 Å². The molecule has 0 atom stereocenters. The molecule has 1 amide bonds. The van der Waals surface area contributed by atoms with Crippen molar-refractivity contribution < 1.29 is 22.9 Å². The number of nitro benzene ring substituents is 1. The molecule has 0 aliphatic carbocycles. The molecule has 1 saturated heterocycles. The minimum absolute atomic E-state index is 0.0170. The molecule has 0 bridgehead atoms. The number of carbonyl (C=O) groups is 1. The van der Waals surface area contributed by atoms with Crippen LogP contribution < -0.4 is 5.32 Å². The zero-order valence-corrected chi connectivity index (χ0v) is 18.3. The highest BCUT2D eigenvalue weighted by Crippen LogP contribution is 2.27. The number of non-ortho nitro benzene ring substituents is 1. The number of aromatic nitrogens is 1. The van der Waals surface area contributed by atoms with E-state index in [-0.39, 0.29) is 16.1 Å². The zero-order valence-electron chi connectivity index (χ0n) is 16.6. The largest absolute Gasteiger partial charge is 0.379 e. The Hall–Kier alpha value is -3.19. The van der Waals surface area contributed by atoms with E-state index in [1.54, 1.807) is 17.5 Å². The van der Waals surface area contributed by atoms with Gasteiger partial charge in [0.15, 0.2) is 5.13 Å². The van der Waals surface area contributed by atoms with Gasteiger partial charge in [-0.3, -0.25) is 20.2 Å². The molecule has 0 radical (unpaired) electrons. The molecule has 32 heavy (non-hydrogen) atoms. The number of benzene rings is 2. The summed E-state index contributed by atoms with van der Waals surface area (Å²) in [5.74, 6) is -0.426. The molecule has 4 rings (SSSR count). The van der Waals surface area contributed by atoms with Gasteiger partial charge in [-0.25, -0.2) is 13.4 Å². The minimum Gasteiger partial charge on any atom is -0.379 e. The number of nitro groups is 1. The lowest BCUT2D eigenvalue weighted by atomic mass is 10.1. The third-order valence-electron chi connectivity index (χ3n) is 4.82. The van der Waals surface area contributed by atoms with Gasteiger partial charge in [-0.1, -0.05) is 0 Å². The van der Waals surface area contributed by atoms with E-state index in [1.807, 2.05) is 0 Å². The summed E-state index contributed by atoms with van der Waals surface area (Å²) in [5.41, 5.74) is 1.53. The Balaban J connectivity index is 1.44. The van der Waals surface area contributed by atoms with E-state index in [1.165, 1.54) is 52.0 Å². The van der Waals surface area contributed by atoms with Crippen molar-refractivity contribution in [2.45, 2.75) is 4.90 Å². The molecular weight excluding hydrogens is 456 g/mol. The Kier molecular flexibility index (Phi) is 6.28. The van der Waals surface area contributed by atoms with Crippen molar-refractivity contribution in [3.05, 3.63) is 69.6 Å². The number of nitrogens with one attached hydrogen (secondary N) is 1. The van der Waals surface area contributed by atoms with Crippen LogP contribution in [-0.4, -0.2) is 54.8 Å². The lowest BCUT2D eigenvalue weighted by molar-refractivity contribution is -0.384. The van der Waals surface area contributed by atoms with Gasteiger partial charge in [0, 0.05) is 41.7 Å². The first-order valence-corrected chi connectivity index (χ1v) is 11.9. The Labute approximate surface area is 187 Å². The molecule has 12 heteroatoms. The summed E-state index contributed by atoms with van der Waals surface area (Å²) in [6, 6.07) is 11.7. The third kappa shape index (κ3) is 4.67. The number of anilines is 1. The maximum Gasteiger partial charge on any atom is 0.269 e. The molecule has 1 aromatic heterocycles. The maximum absolute atomic E-state index is 12.7. The predicted octanol–water partition coefficient (Wildman–Crippen LogP) is 2.99. The molecule has 0 saturated carbocycles. The average molecular weight is 475 g/mol. The summed E-state index contributed by atoms with van der Waals surface area (Å²) in [6.45, 7) is 1.31. The van der Waals surface area contributed by atoms with Gasteiger partial charge in [-0.15, -0.1) is 11.3 Å². The molecule has 1 fully saturated rings. The molecule has 3 aromatic rings. The van der Waals surface area contributed by atoms with Crippen LogP contribution in [0.15, 0.2) is 58.8 Å². The van der Waals surface area contributed by atoms with Gasteiger partial charge < -0.3 is 4.74 Å². The summed E-state index contributed by atoms with van der Waals surface area (Å²) in [6.07, 6.45) is 0. The van der Waals surface area contributed by atoms with Gasteiger partial charge in [0.2, 0.25) is 10.0 Å². The van der Waals surface area contributed by atoms with Crippen LogP contribution in [0.3, 0.4) is 0 Å². The topological polar surface area (TPSA) is 132 Å². The quantitative estimate of drug-likeness (QED) is 0.429. The van der Waals surface area contributed by atoms with E-state index in [0.29, 0.717) is 42.7 Å². The molecular formula is C20H18N4O6S2. The van der Waals surface area contributed by atoms with Crippen LogP contribution in [0.4, 0.5) is 10.8 Å². The number of morpholine rings is 1. The van der Waals surface area contributed by atoms with Crippen molar-refractivity contribution in [2.75, 3.05) is 31.6 Å². The van der Waals surface area contributed by atoms with Crippen LogP contribution in [0.25, 0.3) is 11.3 Å². The standard InChI is InChI=1S/C20H18N4O6S2/c25-19(15-3-7-17(8-4-15)32(28,29)23-9-11-30-12-10-23)22-20-21-18(13-31-20)14-1-5-16(6-2-14)24(26)27/h1-8,13H,9-12H2,(H,21,22,25). The van der Waals surface area contributed by atoms with Crippen molar-refractivity contribution in [3.8, 4) is 11.3 Å². The number of ether oxygens (including phenoxy) is 1. The summed E-state index contributed by atoms with van der Waals surface area (Å²) in [5, 5.41) is 15.5. The molecule has 10 nitrogen and oxygen atoms in total. The molecule has 0 spiro atoms. The average Bonchev–Trinajstić information content (AvgIpc) is 3.28. The number of carbonyl (C=O) groups excluding carboxylic acids is 1. The minimum atomic E-state index is -3.63. The molecule has 2 heterocycles. The highest BCUT2D eigenvalue weighted by Gasteiger charge is 2.26. The molecule has 1 aliphatic heterocycles. The fraction of sp³-hybridized carbons (Fsp3) is 0.200. The second kappa shape index (κ2) is 9.12. The van der Waals surface area contributed by atoms with Crippen LogP contribution in [0.5, 0.6) is 0 Å². The van der Waals surface area contributed by atoms with Crippen molar-refractivity contribution in [3.63, 3.8) is 0 Å². The van der Waals surface area contributed by atoms with Gasteiger partial charge in [0.1, 0.15) is 0 Å². The van der Waals surface area contributed by atoms with E-state index in [4.69, 9.17) is 4.74 Å². The fourth-order valence-electron chi connectivity index (χ4n) is 3.10. The molecule has 166 valence electrons. The van der Waals surface area contributed by atoms with Gasteiger partial charge in [-0.2, -0.15) is 4.31 Å². The number of hydrogen-bond acceptors (Lipinski definition) is 8. The Bertz CT molecular complexity index is 1230. The summed E-state index contributed by atoms with van der Waals surface area (Å²) < 4.78 is 31.9. The Morgan fingerprint density at radius 1 is 1.09 bits per heavy atom. The number of rotatable bonds is 6. The number of amides is 1. The van der Waals surface area contributed by atoms with E-state index in [0.717, 1.165) is 0 Å². The molecule has 1 aliphatic rings. The monoisotopic (exact) mass is 474 g/mol. The van der Waals surface area contributed by atoms with Crippen molar-refractivity contribution in [1.29, 1.82) is 0 Å². The van der Waals surface area contributed by atoms with Gasteiger partial charge >= 0.3 is 0 Å². The second-order valence-corrected chi connectivity index (χ2v) is 9.63. The third-order valence-corrected chi connectivity index (χ3v) is 7.49. The second-order valence-electron chi connectivity index (χ2n) is 6.84. The number of hydrogen-bond donors (Lipinski definition) is 1. The van der Waals surface area contributed by atoms with Gasteiger partial charge in [-0.05, 0) is 36.4 Å². The highest BCUT2D eigenvalue weighted by atomic mass is 32.2. The van der Waals surface area contributed by atoms with Crippen LogP contribution in [0, 0.1) is 10.1 Å². The van der Waals surface area contributed by atoms with Crippen LogP contribution in [-0.2, 0) is 14.8 Å². The Morgan fingerprint density at radius 2 is 1.75 bits per heavy atom. The zero-order chi connectivity index (χ0) is 22.7. The summed E-state index contributed by atoms with van der Waals surface area (Å²) >= 11 is 1.21. The Morgan fingerprint density at radius 3 is 2.38 bits per heavy atom. The lowest BCUT2D eigenvalue weighted by Crippen LogP contribution is -2.40. The summed E-state index contributed by atoms with van der Waals surface area (Å²) in [7, 11) is -3.63. The number of nitrogens with zero attached hydrogens (tertiary/aromatic N) is 3. The van der Waals surface area contributed by atoms with Crippen LogP contribution in [0.1, 0.15) is 10.4 Å². The smallest absolute Gasteiger partial charge is 0.269 e. The van der Waals surface area contributed by atoms with Crippen LogP contribution >= 0.6 is 11.3 Å². The van der Waals surface area contributed by atoms with Crippen LogP contribution in [0.2, 0.25) is 0 Å². The van der Waals surface area contributed by atoms with Gasteiger partial charge in [0.25, 0.3) is 11.6 Å². The normalized spacial score (nSPS) is 14.8. The SMILES string of the molecule is O=C(Nc1nc(-c2ccc([N+](=O)[O-])cc2)cs1)c1ccc(S(=O)(=O)N2CCOCC2)cc1. The van der Waals surface area contributed by atoms with Crippen molar-refractivity contribution in [1.82, 2.24) is 9.29 Å². The predicted molar refractivity (Wildman–Crippen MR) is 118 cm³/mol. The molecule has 2 aromatic carbocycles. The maximum atomic E-state index is 12.7. The van der Waals surface area contributed by atoms with E-state index < -0.39 is 20.9 Å². The van der Waals surface area contributed by atoms with Crippen molar-refractivity contribution >= 4 is 38.1 Å². The number of thiazole rings is 1. The highest BCUT2D eigenvalue weighted by molar-refractivity contribution is 7.89. The van der Waals surface area contributed by atoms with E-state index in [2.05, 4.69) is 10.3 Å².